The molecule has 0 aliphatic heterocycles. The van der Waals surface area contributed by atoms with E-state index in [4.69, 9.17) is 14.4 Å². The van der Waals surface area contributed by atoms with Gasteiger partial charge in [0.1, 0.15) is 11.8 Å². The van der Waals surface area contributed by atoms with E-state index >= 15 is 0 Å². The molecular formula is C16H14N4O5. The van der Waals surface area contributed by atoms with E-state index in [2.05, 4.69) is 16.2 Å². The summed E-state index contributed by atoms with van der Waals surface area (Å²) in [6, 6.07) is 11.4. The van der Waals surface area contributed by atoms with Gasteiger partial charge < -0.3 is 14.5 Å². The van der Waals surface area contributed by atoms with Gasteiger partial charge in [-0.1, -0.05) is 12.1 Å². The van der Waals surface area contributed by atoms with Crippen molar-refractivity contribution in [3.63, 3.8) is 0 Å². The summed E-state index contributed by atoms with van der Waals surface area (Å²) in [5, 5.41) is 11.2. The van der Waals surface area contributed by atoms with Crippen molar-refractivity contribution in [3.05, 3.63) is 54.0 Å². The molecule has 2 rings (SSSR count). The number of carbonyl (C=O) groups excluding carboxylic acids is 3. The summed E-state index contributed by atoms with van der Waals surface area (Å²) in [6.07, 6.45) is 1.33. The fraction of sp³-hybridized carbons (Fsp3) is 0.125. The van der Waals surface area contributed by atoms with Crippen LogP contribution in [-0.4, -0.2) is 30.9 Å². The summed E-state index contributed by atoms with van der Waals surface area (Å²) in [7, 11) is 0. The zero-order valence-corrected chi connectivity index (χ0v) is 12.9. The second kappa shape index (κ2) is 8.73. The first-order chi connectivity index (χ1) is 12.1. The molecule has 3 N–H and O–H groups in total. The summed E-state index contributed by atoms with van der Waals surface area (Å²) in [6.45, 7) is -0.740. The lowest BCUT2D eigenvalue weighted by Gasteiger charge is -2.09. The molecule has 2 aromatic rings. The van der Waals surface area contributed by atoms with Gasteiger partial charge in [0.05, 0.1) is 18.4 Å². The first-order valence-corrected chi connectivity index (χ1v) is 7.11. The lowest BCUT2D eigenvalue weighted by Crippen LogP contribution is -2.47. The topological polar surface area (TPSA) is 133 Å². The number of amides is 3. The van der Waals surface area contributed by atoms with E-state index in [-0.39, 0.29) is 18.1 Å². The van der Waals surface area contributed by atoms with Crippen LogP contribution < -0.4 is 20.9 Å². The molecule has 9 heteroatoms. The molecule has 9 nitrogen and oxygen atoms in total. The molecule has 0 spiro atoms. The van der Waals surface area contributed by atoms with Crippen LogP contribution in [0.2, 0.25) is 0 Å². The van der Waals surface area contributed by atoms with E-state index in [1.54, 1.807) is 30.3 Å². The van der Waals surface area contributed by atoms with E-state index in [0.29, 0.717) is 5.56 Å². The van der Waals surface area contributed by atoms with Gasteiger partial charge in [0.25, 0.3) is 17.7 Å². The predicted octanol–water partition coefficient (Wildman–Crippen LogP) is 0.107. The second-order valence-electron chi connectivity index (χ2n) is 4.65. The van der Waals surface area contributed by atoms with Crippen LogP contribution in [0, 0.1) is 11.3 Å². The van der Waals surface area contributed by atoms with E-state index in [1.165, 1.54) is 12.3 Å². The molecule has 1 heterocycles. The largest absolute Gasteiger partial charge is 0.482 e. The quantitative estimate of drug-likeness (QED) is 0.638. The van der Waals surface area contributed by atoms with E-state index in [0.717, 1.165) is 0 Å². The monoisotopic (exact) mass is 342 g/mol. The fourth-order valence-corrected chi connectivity index (χ4v) is 1.70. The van der Waals surface area contributed by atoms with Crippen molar-refractivity contribution in [2.24, 2.45) is 0 Å². The summed E-state index contributed by atoms with van der Waals surface area (Å²) < 4.78 is 10.1. The number of nitrogens with zero attached hydrogens (tertiary/aromatic N) is 1. The molecule has 0 aliphatic rings. The zero-order chi connectivity index (χ0) is 18.1. The molecule has 25 heavy (non-hydrogen) atoms. The van der Waals surface area contributed by atoms with E-state index in [1.807, 2.05) is 6.07 Å². The number of hydrazine groups is 1. The van der Waals surface area contributed by atoms with E-state index in [9.17, 15) is 14.4 Å². The maximum absolute atomic E-state index is 11.6. The van der Waals surface area contributed by atoms with Crippen LogP contribution in [-0.2, 0) is 9.59 Å². The van der Waals surface area contributed by atoms with Gasteiger partial charge in [-0.2, -0.15) is 5.26 Å². The van der Waals surface area contributed by atoms with Crippen LogP contribution in [0.4, 0.5) is 0 Å². The molecule has 0 fully saturated rings. The van der Waals surface area contributed by atoms with Crippen molar-refractivity contribution in [1.29, 1.82) is 5.26 Å². The number of furan rings is 1. The van der Waals surface area contributed by atoms with Crippen LogP contribution >= 0.6 is 0 Å². The highest BCUT2D eigenvalue weighted by atomic mass is 16.5. The van der Waals surface area contributed by atoms with Crippen molar-refractivity contribution < 1.29 is 23.5 Å². The maximum atomic E-state index is 11.6. The molecule has 1 aromatic carbocycles. The molecule has 0 atom stereocenters. The van der Waals surface area contributed by atoms with Crippen LogP contribution in [0.3, 0.4) is 0 Å². The molecule has 128 valence electrons. The highest BCUT2D eigenvalue weighted by molar-refractivity contribution is 5.94. The smallest absolute Gasteiger partial charge is 0.287 e. The van der Waals surface area contributed by atoms with Gasteiger partial charge in [0.2, 0.25) is 0 Å². The number of nitriles is 1. The van der Waals surface area contributed by atoms with Gasteiger partial charge >= 0.3 is 0 Å². The summed E-state index contributed by atoms with van der Waals surface area (Å²) >= 11 is 0. The Bertz CT molecular complexity index is 795. The van der Waals surface area contributed by atoms with E-state index < -0.39 is 24.3 Å². The Labute approximate surface area is 142 Å². The average Bonchev–Trinajstić information content (AvgIpc) is 3.17. The van der Waals surface area contributed by atoms with Crippen LogP contribution in [0.25, 0.3) is 0 Å². The second-order valence-corrected chi connectivity index (χ2v) is 4.65. The Hall–Kier alpha value is -3.80. The molecule has 0 saturated carbocycles. The molecule has 0 bridgehead atoms. The Balaban J connectivity index is 1.68. The fourth-order valence-electron chi connectivity index (χ4n) is 1.70. The molecule has 0 unspecified atom stereocenters. The van der Waals surface area contributed by atoms with Gasteiger partial charge in [0, 0.05) is 0 Å². The Morgan fingerprint density at radius 3 is 2.56 bits per heavy atom. The minimum Gasteiger partial charge on any atom is -0.482 e. The number of nitrogens with one attached hydrogen (secondary N) is 3. The Morgan fingerprint density at radius 1 is 1.08 bits per heavy atom. The normalized spacial score (nSPS) is 9.56. The number of rotatable bonds is 6. The third kappa shape index (κ3) is 5.40. The third-order valence-electron chi connectivity index (χ3n) is 2.86. The summed E-state index contributed by atoms with van der Waals surface area (Å²) in [4.78, 5) is 34.7. The average molecular weight is 342 g/mol. The van der Waals surface area contributed by atoms with Crippen LogP contribution in [0.1, 0.15) is 16.1 Å². The number of ether oxygens (including phenoxy) is 1. The van der Waals surface area contributed by atoms with Crippen LogP contribution in [0.5, 0.6) is 5.75 Å². The minimum absolute atomic E-state index is 0.0707. The lowest BCUT2D eigenvalue weighted by molar-refractivity contribution is -0.129. The van der Waals surface area contributed by atoms with Crippen LogP contribution in [0.15, 0.2) is 47.1 Å². The molecule has 1 aromatic heterocycles. The van der Waals surface area contributed by atoms with Crippen molar-refractivity contribution in [1.82, 2.24) is 16.2 Å². The highest BCUT2D eigenvalue weighted by Crippen LogP contribution is 2.15. The van der Waals surface area contributed by atoms with Gasteiger partial charge in [-0.3, -0.25) is 25.2 Å². The SMILES string of the molecule is N#Cc1ccccc1OCC(=O)NNC(=O)CNC(=O)c1ccco1. The van der Waals surface area contributed by atoms with Crippen molar-refractivity contribution in [2.45, 2.75) is 0 Å². The predicted molar refractivity (Wildman–Crippen MR) is 84.0 cm³/mol. The van der Waals surface area contributed by atoms with Crippen molar-refractivity contribution in [2.75, 3.05) is 13.2 Å². The Kier molecular flexibility index (Phi) is 6.13. The number of hydrogen-bond donors (Lipinski definition) is 3. The molecule has 0 saturated heterocycles. The van der Waals surface area contributed by atoms with Crippen molar-refractivity contribution >= 4 is 17.7 Å². The number of hydrogen-bond acceptors (Lipinski definition) is 6. The highest BCUT2D eigenvalue weighted by Gasteiger charge is 2.11. The first-order valence-electron chi connectivity index (χ1n) is 7.11. The number of benzene rings is 1. The van der Waals surface area contributed by atoms with Crippen molar-refractivity contribution in [3.8, 4) is 11.8 Å². The molecule has 3 amide bonds. The molecule has 0 aliphatic carbocycles. The maximum Gasteiger partial charge on any atom is 0.287 e. The summed E-state index contributed by atoms with van der Waals surface area (Å²) in [5.41, 5.74) is 4.54. The molecule has 0 radical (unpaired) electrons. The van der Waals surface area contributed by atoms with Gasteiger partial charge in [-0.05, 0) is 24.3 Å². The third-order valence-corrected chi connectivity index (χ3v) is 2.86. The number of carbonyl (C=O) groups is 3. The lowest BCUT2D eigenvalue weighted by atomic mass is 10.2. The zero-order valence-electron chi connectivity index (χ0n) is 12.9. The van der Waals surface area contributed by atoms with Gasteiger partial charge in [0.15, 0.2) is 12.4 Å². The molecular weight excluding hydrogens is 328 g/mol. The minimum atomic E-state index is -0.634. The Morgan fingerprint density at radius 2 is 1.84 bits per heavy atom. The van der Waals surface area contributed by atoms with Gasteiger partial charge in [-0.15, -0.1) is 0 Å². The standard InChI is InChI=1S/C16H14N4O5/c17-8-11-4-1-2-5-12(11)25-10-15(22)20-19-14(21)9-18-16(23)13-6-3-7-24-13/h1-7H,9-10H2,(H,18,23)(H,19,21)(H,20,22). The first kappa shape index (κ1) is 17.6. The van der Waals surface area contributed by atoms with Gasteiger partial charge in [-0.25, -0.2) is 0 Å². The number of para-hydroxylation sites is 1. The summed E-state index contributed by atoms with van der Waals surface area (Å²) in [5.74, 6) is -1.48.